The maximum atomic E-state index is 13.5. The Balaban J connectivity index is 1.26. The largest absolute Gasteiger partial charge is 0.396 e. The summed E-state index contributed by atoms with van der Waals surface area (Å²) in [5.41, 5.74) is 5.56. The Bertz CT molecular complexity index is 1550. The number of carbonyl (C=O) groups is 1. The van der Waals surface area contributed by atoms with Crippen molar-refractivity contribution >= 4 is 16.8 Å². The Morgan fingerprint density at radius 2 is 1.78 bits per heavy atom. The Morgan fingerprint density at radius 1 is 1.10 bits per heavy atom. The summed E-state index contributed by atoms with van der Waals surface area (Å²) in [6.07, 6.45) is 0.757. The first kappa shape index (κ1) is 28.5. The number of nitrogens with one attached hydrogen (secondary N) is 2. The van der Waals surface area contributed by atoms with E-state index in [2.05, 4.69) is 22.1 Å². The topological polar surface area (TPSA) is 97.8 Å². The monoisotopic (exact) mass is 555 g/mol. The van der Waals surface area contributed by atoms with Crippen LogP contribution in [0.15, 0.2) is 72.9 Å². The number of hydrogen-bond acceptors (Lipinski definition) is 5. The standard InChI is InChI=1S/C33H34FN3O4/c1-21-3-5-23(6-4-21)7-8-24-9-11-25(12-10-24)19-37-31(29(20-38)32(41-37)22(2)39)33(40)35-16-15-26-18-36-30-17-27(34)13-14-28(26)30/h3-6,9-14,17-18,22,29,31-32,36,38-39H,15-16,19-20H2,1-2H3,(H,35,40)/t22-,29-,31-,32?/m0/s1. The number of aryl methyl sites for hydroxylation is 1. The van der Waals surface area contributed by atoms with E-state index < -0.39 is 24.2 Å². The highest BCUT2D eigenvalue weighted by atomic mass is 19.1. The highest BCUT2D eigenvalue weighted by Crippen LogP contribution is 2.31. The van der Waals surface area contributed by atoms with E-state index >= 15 is 0 Å². The van der Waals surface area contributed by atoms with Gasteiger partial charge in [0, 0.05) is 40.7 Å². The van der Waals surface area contributed by atoms with E-state index in [0.717, 1.165) is 27.6 Å². The molecule has 1 fully saturated rings. The minimum atomic E-state index is -0.876. The summed E-state index contributed by atoms with van der Waals surface area (Å²) in [6.45, 7) is 3.95. The molecule has 5 rings (SSSR count). The maximum Gasteiger partial charge on any atom is 0.240 e. The Kier molecular flexibility index (Phi) is 8.81. The third-order valence-electron chi connectivity index (χ3n) is 7.47. The van der Waals surface area contributed by atoms with E-state index in [1.807, 2.05) is 61.7 Å². The second-order valence-electron chi connectivity index (χ2n) is 10.5. The number of nitrogens with zero attached hydrogens (tertiary/aromatic N) is 1. The Morgan fingerprint density at radius 3 is 2.44 bits per heavy atom. The van der Waals surface area contributed by atoms with Crippen molar-refractivity contribution in [3.8, 4) is 11.8 Å². The fourth-order valence-electron chi connectivity index (χ4n) is 5.25. The first-order valence-electron chi connectivity index (χ1n) is 13.8. The summed E-state index contributed by atoms with van der Waals surface area (Å²) in [5.74, 6) is 5.12. The minimum absolute atomic E-state index is 0.289. The number of amides is 1. The SMILES string of the molecule is Cc1ccc(C#Cc2ccc(CN3OC([C@H](C)O)[C@@H](CO)[C@H]3C(=O)NCCc3c[nH]c4cc(F)ccc34)cc2)cc1. The van der Waals surface area contributed by atoms with Gasteiger partial charge in [-0.1, -0.05) is 41.7 Å². The van der Waals surface area contributed by atoms with E-state index in [9.17, 15) is 19.4 Å². The molecule has 4 atom stereocenters. The van der Waals surface area contributed by atoms with Gasteiger partial charge >= 0.3 is 0 Å². The molecule has 0 aliphatic carbocycles. The highest BCUT2D eigenvalue weighted by Gasteiger charge is 2.48. The van der Waals surface area contributed by atoms with E-state index in [0.29, 0.717) is 18.5 Å². The molecule has 1 unspecified atom stereocenters. The van der Waals surface area contributed by atoms with Gasteiger partial charge in [0.1, 0.15) is 18.0 Å². The van der Waals surface area contributed by atoms with Gasteiger partial charge in [-0.15, -0.1) is 0 Å². The van der Waals surface area contributed by atoms with Crippen LogP contribution in [-0.2, 0) is 22.6 Å². The summed E-state index contributed by atoms with van der Waals surface area (Å²) in [6, 6.07) is 19.5. The molecule has 4 N–H and O–H groups in total. The number of fused-ring (bicyclic) bond motifs is 1. The minimum Gasteiger partial charge on any atom is -0.396 e. The van der Waals surface area contributed by atoms with E-state index in [4.69, 9.17) is 4.84 Å². The molecule has 1 aromatic heterocycles. The zero-order valence-electron chi connectivity index (χ0n) is 23.1. The number of aromatic amines is 1. The Hall–Kier alpha value is -4.00. The number of H-pyrrole nitrogens is 1. The molecule has 0 radical (unpaired) electrons. The van der Waals surface area contributed by atoms with Gasteiger partial charge < -0.3 is 20.5 Å². The number of aliphatic hydroxyl groups is 2. The van der Waals surface area contributed by atoms with Crippen LogP contribution in [0.3, 0.4) is 0 Å². The third kappa shape index (κ3) is 6.67. The number of rotatable bonds is 8. The lowest BCUT2D eigenvalue weighted by Crippen LogP contribution is -2.48. The predicted octanol–water partition coefficient (Wildman–Crippen LogP) is 3.85. The normalized spacial score (nSPS) is 19.6. The van der Waals surface area contributed by atoms with Gasteiger partial charge in [0.25, 0.3) is 0 Å². The molecular formula is C33H34FN3O4. The zero-order chi connectivity index (χ0) is 28.9. The summed E-state index contributed by atoms with van der Waals surface area (Å²) >= 11 is 0. The van der Waals surface area contributed by atoms with Gasteiger partial charge in [0.2, 0.25) is 5.91 Å². The quantitative estimate of drug-likeness (QED) is 0.248. The predicted molar refractivity (Wildman–Crippen MR) is 155 cm³/mol. The molecule has 7 nitrogen and oxygen atoms in total. The van der Waals surface area contributed by atoms with Gasteiger partial charge in [-0.05, 0) is 73.9 Å². The van der Waals surface area contributed by atoms with Crippen LogP contribution in [0.1, 0.15) is 34.7 Å². The molecule has 0 saturated carbocycles. The van der Waals surface area contributed by atoms with Crippen molar-refractivity contribution in [2.75, 3.05) is 13.2 Å². The zero-order valence-corrected chi connectivity index (χ0v) is 23.1. The van der Waals surface area contributed by atoms with Gasteiger partial charge in [-0.25, -0.2) is 4.39 Å². The van der Waals surface area contributed by atoms with E-state index in [-0.39, 0.29) is 24.9 Å². The molecule has 1 aliphatic heterocycles. The van der Waals surface area contributed by atoms with Gasteiger partial charge in [-0.3, -0.25) is 9.63 Å². The summed E-state index contributed by atoms with van der Waals surface area (Å²) < 4.78 is 13.5. The van der Waals surface area contributed by atoms with Crippen LogP contribution < -0.4 is 5.32 Å². The first-order chi connectivity index (χ1) is 19.8. The van der Waals surface area contributed by atoms with E-state index in [1.54, 1.807) is 18.1 Å². The molecule has 2 heterocycles. The van der Waals surface area contributed by atoms with Crippen molar-refractivity contribution in [3.63, 3.8) is 0 Å². The molecule has 3 aromatic carbocycles. The first-order valence-corrected chi connectivity index (χ1v) is 13.8. The third-order valence-corrected chi connectivity index (χ3v) is 7.47. The molecule has 212 valence electrons. The number of carbonyl (C=O) groups excluding carboxylic acids is 1. The number of aromatic nitrogens is 1. The van der Waals surface area contributed by atoms with Gasteiger partial charge in [0.05, 0.1) is 19.3 Å². The van der Waals surface area contributed by atoms with Crippen LogP contribution in [0.25, 0.3) is 10.9 Å². The lowest BCUT2D eigenvalue weighted by atomic mass is 9.92. The van der Waals surface area contributed by atoms with Crippen LogP contribution in [0.5, 0.6) is 0 Å². The number of halogens is 1. The van der Waals surface area contributed by atoms with E-state index in [1.165, 1.54) is 17.7 Å². The lowest BCUT2D eigenvalue weighted by molar-refractivity contribution is -0.192. The fraction of sp³-hybridized carbons (Fsp3) is 0.303. The molecule has 0 spiro atoms. The van der Waals surface area contributed by atoms with Crippen molar-refractivity contribution in [1.29, 1.82) is 0 Å². The van der Waals surface area contributed by atoms with Crippen molar-refractivity contribution in [3.05, 3.63) is 107 Å². The van der Waals surface area contributed by atoms with Crippen molar-refractivity contribution < 1.29 is 24.2 Å². The molecule has 41 heavy (non-hydrogen) atoms. The molecule has 1 saturated heterocycles. The second kappa shape index (κ2) is 12.7. The average molecular weight is 556 g/mol. The smallest absolute Gasteiger partial charge is 0.240 e. The number of hydrogen-bond donors (Lipinski definition) is 4. The summed E-state index contributed by atoms with van der Waals surface area (Å²) in [7, 11) is 0. The van der Waals surface area contributed by atoms with Crippen molar-refractivity contribution in [2.45, 2.75) is 45.1 Å². The highest BCUT2D eigenvalue weighted by molar-refractivity contribution is 5.84. The van der Waals surface area contributed by atoms with Crippen molar-refractivity contribution in [2.24, 2.45) is 5.92 Å². The summed E-state index contributed by atoms with van der Waals surface area (Å²) in [4.78, 5) is 22.5. The number of aliphatic hydroxyl groups excluding tert-OH is 2. The lowest BCUT2D eigenvalue weighted by Gasteiger charge is -2.24. The molecule has 4 aromatic rings. The van der Waals surface area contributed by atoms with Crippen LogP contribution in [0.2, 0.25) is 0 Å². The molecule has 8 heteroatoms. The second-order valence-corrected chi connectivity index (χ2v) is 10.5. The van der Waals surface area contributed by atoms with Gasteiger partial charge in [0.15, 0.2) is 0 Å². The van der Waals surface area contributed by atoms with Crippen LogP contribution in [0, 0.1) is 30.5 Å². The van der Waals surface area contributed by atoms with Crippen LogP contribution in [0.4, 0.5) is 4.39 Å². The molecular weight excluding hydrogens is 521 g/mol. The fourth-order valence-corrected chi connectivity index (χ4v) is 5.25. The maximum absolute atomic E-state index is 13.5. The molecule has 1 amide bonds. The Labute approximate surface area is 238 Å². The molecule has 1 aliphatic rings. The van der Waals surface area contributed by atoms with Crippen molar-refractivity contribution in [1.82, 2.24) is 15.4 Å². The number of hydroxylamine groups is 2. The van der Waals surface area contributed by atoms with Crippen LogP contribution in [-0.4, -0.2) is 57.6 Å². The van der Waals surface area contributed by atoms with Crippen LogP contribution >= 0.6 is 0 Å². The summed E-state index contributed by atoms with van der Waals surface area (Å²) in [5, 5.41) is 25.9. The molecule has 0 bridgehead atoms. The van der Waals surface area contributed by atoms with Gasteiger partial charge in [-0.2, -0.15) is 5.06 Å². The number of benzene rings is 3. The average Bonchev–Trinajstić information content (AvgIpc) is 3.54.